The average molecular weight is 308 g/mol. The maximum atomic E-state index is 13.6. The highest BCUT2D eigenvalue weighted by Crippen LogP contribution is 2.15. The summed E-state index contributed by atoms with van der Waals surface area (Å²) in [6, 6.07) is 12.7. The van der Waals surface area contributed by atoms with Crippen LogP contribution in [0.15, 0.2) is 48.5 Å². The topological polar surface area (TPSA) is 49.3 Å². The zero-order chi connectivity index (χ0) is 15.2. The van der Waals surface area contributed by atoms with E-state index in [-0.39, 0.29) is 17.2 Å². The standard InChI is InChI=1S/C16H15ClFNO2/c17-12-6-7-15(18)14(9-12)16(21)19-13(10-20)8-11-4-2-1-3-5-11/h1-7,9,13,20H,8,10H2,(H,19,21). The SMILES string of the molecule is O=C(NC(CO)Cc1ccccc1)c1cc(Cl)ccc1F. The van der Waals surface area contributed by atoms with Gasteiger partial charge in [-0.15, -0.1) is 0 Å². The molecule has 5 heteroatoms. The largest absolute Gasteiger partial charge is 0.394 e. The highest BCUT2D eigenvalue weighted by molar-refractivity contribution is 6.31. The van der Waals surface area contributed by atoms with Crippen LogP contribution in [-0.4, -0.2) is 23.7 Å². The van der Waals surface area contributed by atoms with Crippen molar-refractivity contribution in [3.8, 4) is 0 Å². The van der Waals surface area contributed by atoms with Gasteiger partial charge in [0.2, 0.25) is 0 Å². The van der Waals surface area contributed by atoms with Gasteiger partial charge in [0.05, 0.1) is 18.2 Å². The summed E-state index contributed by atoms with van der Waals surface area (Å²) in [4.78, 5) is 12.1. The second-order valence-electron chi connectivity index (χ2n) is 4.67. The molecule has 21 heavy (non-hydrogen) atoms. The Kier molecular flexibility index (Phi) is 5.31. The van der Waals surface area contributed by atoms with Crippen LogP contribution in [0.4, 0.5) is 4.39 Å². The van der Waals surface area contributed by atoms with E-state index >= 15 is 0 Å². The van der Waals surface area contributed by atoms with Gasteiger partial charge in [0.1, 0.15) is 5.82 Å². The zero-order valence-electron chi connectivity index (χ0n) is 11.2. The molecule has 0 saturated carbocycles. The first-order chi connectivity index (χ1) is 10.1. The Hall–Kier alpha value is -1.91. The molecule has 0 aliphatic carbocycles. The van der Waals surface area contributed by atoms with Crippen LogP contribution >= 0.6 is 11.6 Å². The third-order valence-corrected chi connectivity index (χ3v) is 3.29. The number of rotatable bonds is 5. The number of hydrogen-bond donors (Lipinski definition) is 2. The number of aliphatic hydroxyl groups is 1. The molecule has 0 aliphatic rings. The number of amides is 1. The van der Waals surface area contributed by atoms with Gasteiger partial charge in [0.15, 0.2) is 0 Å². The maximum absolute atomic E-state index is 13.6. The molecular weight excluding hydrogens is 293 g/mol. The number of nitrogens with one attached hydrogen (secondary N) is 1. The number of hydrogen-bond acceptors (Lipinski definition) is 2. The Balaban J connectivity index is 2.07. The molecule has 1 amide bonds. The molecular formula is C16H15ClFNO2. The molecule has 1 atom stereocenters. The summed E-state index contributed by atoms with van der Waals surface area (Å²) in [5.74, 6) is -1.24. The van der Waals surface area contributed by atoms with Crippen molar-refractivity contribution in [2.45, 2.75) is 12.5 Å². The van der Waals surface area contributed by atoms with Crippen LogP contribution in [0.3, 0.4) is 0 Å². The van der Waals surface area contributed by atoms with Gasteiger partial charge in [0.25, 0.3) is 5.91 Å². The minimum Gasteiger partial charge on any atom is -0.394 e. The van der Waals surface area contributed by atoms with Crippen molar-refractivity contribution in [1.82, 2.24) is 5.32 Å². The molecule has 0 heterocycles. The van der Waals surface area contributed by atoms with Crippen molar-refractivity contribution in [1.29, 1.82) is 0 Å². The molecule has 0 fully saturated rings. The Bertz CT molecular complexity index is 619. The van der Waals surface area contributed by atoms with Crippen molar-refractivity contribution in [2.75, 3.05) is 6.61 Å². The molecule has 0 spiro atoms. The number of carbonyl (C=O) groups excluding carboxylic acids is 1. The van der Waals surface area contributed by atoms with Gasteiger partial charge in [0, 0.05) is 5.02 Å². The van der Waals surface area contributed by atoms with E-state index in [4.69, 9.17) is 11.6 Å². The normalized spacial score (nSPS) is 12.0. The summed E-state index contributed by atoms with van der Waals surface area (Å²) in [5, 5.41) is 12.3. The smallest absolute Gasteiger partial charge is 0.254 e. The van der Waals surface area contributed by atoms with Crippen LogP contribution in [-0.2, 0) is 6.42 Å². The number of halogens is 2. The molecule has 2 rings (SSSR count). The number of aliphatic hydroxyl groups excluding tert-OH is 1. The second kappa shape index (κ2) is 7.20. The highest BCUT2D eigenvalue weighted by atomic mass is 35.5. The van der Waals surface area contributed by atoms with Crippen molar-refractivity contribution in [2.24, 2.45) is 0 Å². The molecule has 0 aromatic heterocycles. The van der Waals surface area contributed by atoms with E-state index in [1.54, 1.807) is 0 Å². The van der Waals surface area contributed by atoms with Crippen LogP contribution in [0, 0.1) is 5.82 Å². The fourth-order valence-corrected chi connectivity index (χ4v) is 2.17. The predicted molar refractivity (Wildman–Crippen MR) is 79.9 cm³/mol. The molecule has 110 valence electrons. The number of carbonyl (C=O) groups is 1. The summed E-state index contributed by atoms with van der Waals surface area (Å²) in [6.45, 7) is -0.233. The maximum Gasteiger partial charge on any atom is 0.254 e. The lowest BCUT2D eigenvalue weighted by molar-refractivity contribution is 0.0912. The van der Waals surface area contributed by atoms with Gasteiger partial charge in [-0.1, -0.05) is 41.9 Å². The van der Waals surface area contributed by atoms with Crippen LogP contribution in [0.2, 0.25) is 5.02 Å². The monoisotopic (exact) mass is 307 g/mol. The third kappa shape index (κ3) is 4.28. The van der Waals surface area contributed by atoms with Gasteiger partial charge in [-0.05, 0) is 30.2 Å². The van der Waals surface area contributed by atoms with E-state index in [0.29, 0.717) is 6.42 Å². The number of benzene rings is 2. The molecule has 3 nitrogen and oxygen atoms in total. The molecule has 0 aliphatic heterocycles. The van der Waals surface area contributed by atoms with Crippen LogP contribution in [0.5, 0.6) is 0 Å². The van der Waals surface area contributed by atoms with E-state index < -0.39 is 17.8 Å². The first-order valence-electron chi connectivity index (χ1n) is 6.51. The zero-order valence-corrected chi connectivity index (χ0v) is 12.0. The molecule has 0 bridgehead atoms. The predicted octanol–water partition coefficient (Wildman–Crippen LogP) is 2.81. The average Bonchev–Trinajstić information content (AvgIpc) is 2.50. The van der Waals surface area contributed by atoms with Crippen LogP contribution < -0.4 is 5.32 Å². The van der Waals surface area contributed by atoms with Gasteiger partial charge >= 0.3 is 0 Å². The van der Waals surface area contributed by atoms with E-state index in [2.05, 4.69) is 5.32 Å². The first-order valence-corrected chi connectivity index (χ1v) is 6.88. The van der Waals surface area contributed by atoms with E-state index in [1.807, 2.05) is 30.3 Å². The molecule has 0 radical (unpaired) electrons. The summed E-state index contributed by atoms with van der Waals surface area (Å²) < 4.78 is 13.6. The molecule has 2 N–H and O–H groups in total. The summed E-state index contributed by atoms with van der Waals surface area (Å²) >= 11 is 5.77. The lowest BCUT2D eigenvalue weighted by atomic mass is 10.1. The fourth-order valence-electron chi connectivity index (χ4n) is 1.99. The molecule has 1 unspecified atom stereocenters. The Morgan fingerprint density at radius 2 is 1.95 bits per heavy atom. The fraction of sp³-hybridized carbons (Fsp3) is 0.188. The quantitative estimate of drug-likeness (QED) is 0.892. The Morgan fingerprint density at radius 3 is 2.62 bits per heavy atom. The van der Waals surface area contributed by atoms with Crippen molar-refractivity contribution in [3.63, 3.8) is 0 Å². The molecule has 2 aromatic carbocycles. The minimum absolute atomic E-state index is 0.131. The van der Waals surface area contributed by atoms with Gasteiger partial charge in [-0.2, -0.15) is 0 Å². The summed E-state index contributed by atoms with van der Waals surface area (Å²) in [6.07, 6.45) is 0.464. The van der Waals surface area contributed by atoms with E-state index in [1.165, 1.54) is 12.1 Å². The molecule has 2 aromatic rings. The first kappa shape index (κ1) is 15.5. The lowest BCUT2D eigenvalue weighted by Crippen LogP contribution is -2.39. The van der Waals surface area contributed by atoms with Crippen molar-refractivity contribution < 1.29 is 14.3 Å². The van der Waals surface area contributed by atoms with Crippen molar-refractivity contribution >= 4 is 17.5 Å². The second-order valence-corrected chi connectivity index (χ2v) is 5.10. The molecule has 0 saturated heterocycles. The highest BCUT2D eigenvalue weighted by Gasteiger charge is 2.17. The minimum atomic E-state index is -0.645. The van der Waals surface area contributed by atoms with Gasteiger partial charge in [-0.25, -0.2) is 4.39 Å². The van der Waals surface area contributed by atoms with Crippen molar-refractivity contribution in [3.05, 3.63) is 70.5 Å². The van der Waals surface area contributed by atoms with E-state index in [9.17, 15) is 14.3 Å². The van der Waals surface area contributed by atoms with Gasteiger partial charge in [-0.3, -0.25) is 4.79 Å². The lowest BCUT2D eigenvalue weighted by Gasteiger charge is -2.16. The van der Waals surface area contributed by atoms with Gasteiger partial charge < -0.3 is 10.4 Å². The van der Waals surface area contributed by atoms with Crippen LogP contribution in [0.25, 0.3) is 0 Å². The Labute approximate surface area is 127 Å². The summed E-state index contributed by atoms with van der Waals surface area (Å²) in [7, 11) is 0. The third-order valence-electron chi connectivity index (χ3n) is 3.05. The van der Waals surface area contributed by atoms with E-state index in [0.717, 1.165) is 11.6 Å². The Morgan fingerprint density at radius 1 is 1.24 bits per heavy atom. The summed E-state index contributed by atoms with van der Waals surface area (Å²) in [5.41, 5.74) is 0.845. The van der Waals surface area contributed by atoms with Crippen LogP contribution in [0.1, 0.15) is 15.9 Å².